The molecule has 2 N–H and O–H groups in total. The van der Waals surface area contributed by atoms with Crippen molar-refractivity contribution in [3.63, 3.8) is 0 Å². The van der Waals surface area contributed by atoms with E-state index in [0.717, 1.165) is 12.1 Å². The second-order valence-corrected chi connectivity index (χ2v) is 3.89. The monoisotopic (exact) mass is 260 g/mol. The normalized spacial score (nSPS) is 11.8. The Balaban J connectivity index is 2.62. The van der Waals surface area contributed by atoms with Gasteiger partial charge in [-0.25, -0.2) is 0 Å². The molecule has 0 saturated heterocycles. The van der Waals surface area contributed by atoms with Crippen molar-refractivity contribution in [1.82, 2.24) is 4.57 Å². The van der Waals surface area contributed by atoms with Crippen LogP contribution in [0.2, 0.25) is 5.02 Å². The highest BCUT2D eigenvalue weighted by atomic mass is 35.5. The maximum absolute atomic E-state index is 12.7. The van der Waals surface area contributed by atoms with Crippen LogP contribution < -0.4 is 5.73 Å². The van der Waals surface area contributed by atoms with Crippen LogP contribution in [0.3, 0.4) is 0 Å². The highest BCUT2D eigenvalue weighted by molar-refractivity contribution is 6.31. The first-order valence-electron chi connectivity index (χ1n) is 4.69. The number of hydrogen-bond donors (Lipinski definition) is 1. The third-order valence-electron chi connectivity index (χ3n) is 2.30. The van der Waals surface area contributed by atoms with Crippen LogP contribution >= 0.6 is 11.6 Å². The fraction of sp³-hybridized carbons (Fsp3) is 0.0909. The first kappa shape index (κ1) is 11.9. The minimum Gasteiger partial charge on any atom is -0.397 e. The second kappa shape index (κ2) is 4.00. The van der Waals surface area contributed by atoms with Crippen molar-refractivity contribution in [2.75, 3.05) is 5.73 Å². The van der Waals surface area contributed by atoms with E-state index in [-0.39, 0.29) is 11.4 Å². The van der Waals surface area contributed by atoms with E-state index in [1.54, 1.807) is 24.5 Å². The van der Waals surface area contributed by atoms with Crippen LogP contribution in [0.25, 0.3) is 5.69 Å². The van der Waals surface area contributed by atoms with Crippen molar-refractivity contribution < 1.29 is 13.2 Å². The van der Waals surface area contributed by atoms with E-state index in [1.807, 2.05) is 0 Å². The molecule has 6 heteroatoms. The molecule has 90 valence electrons. The summed E-state index contributed by atoms with van der Waals surface area (Å²) in [5.74, 6) is 0. The van der Waals surface area contributed by atoms with Gasteiger partial charge in [0.05, 0.1) is 22.0 Å². The van der Waals surface area contributed by atoms with Gasteiger partial charge in [0.1, 0.15) is 0 Å². The number of hydrogen-bond acceptors (Lipinski definition) is 1. The molecule has 0 aliphatic rings. The lowest BCUT2D eigenvalue weighted by Gasteiger charge is -2.13. The number of halogens is 4. The minimum atomic E-state index is -4.49. The van der Waals surface area contributed by atoms with E-state index in [1.165, 1.54) is 4.57 Å². The lowest BCUT2D eigenvalue weighted by molar-refractivity contribution is -0.137. The molecule has 2 rings (SSSR count). The van der Waals surface area contributed by atoms with Gasteiger partial charge in [-0.3, -0.25) is 0 Å². The molecule has 1 heterocycles. The Hall–Kier alpha value is -1.62. The van der Waals surface area contributed by atoms with E-state index in [4.69, 9.17) is 17.3 Å². The van der Waals surface area contributed by atoms with Gasteiger partial charge >= 0.3 is 6.18 Å². The zero-order chi connectivity index (χ0) is 12.6. The first-order valence-corrected chi connectivity index (χ1v) is 5.07. The molecule has 1 aromatic carbocycles. The van der Waals surface area contributed by atoms with E-state index < -0.39 is 16.8 Å². The van der Waals surface area contributed by atoms with E-state index >= 15 is 0 Å². The SMILES string of the molecule is Nc1cc(Cl)c(C(F)(F)F)cc1-n1cccc1. The molecule has 2 nitrogen and oxygen atoms in total. The summed E-state index contributed by atoms with van der Waals surface area (Å²) in [6.07, 6.45) is -1.27. The Morgan fingerprint density at radius 2 is 1.71 bits per heavy atom. The van der Waals surface area contributed by atoms with Crippen LogP contribution in [0.1, 0.15) is 5.56 Å². The molecule has 1 aromatic heterocycles. The molecule has 0 aliphatic heterocycles. The Kier molecular flexibility index (Phi) is 2.79. The predicted octanol–water partition coefficient (Wildman–Crippen LogP) is 3.73. The summed E-state index contributed by atoms with van der Waals surface area (Å²) in [5, 5.41) is -0.397. The summed E-state index contributed by atoms with van der Waals surface area (Å²) in [4.78, 5) is 0. The Morgan fingerprint density at radius 3 is 2.24 bits per heavy atom. The van der Waals surface area contributed by atoms with E-state index in [9.17, 15) is 13.2 Å². The predicted molar refractivity (Wildman–Crippen MR) is 60.2 cm³/mol. The molecular weight excluding hydrogens is 253 g/mol. The van der Waals surface area contributed by atoms with Crippen molar-refractivity contribution >= 4 is 17.3 Å². The van der Waals surface area contributed by atoms with Gasteiger partial charge in [0.2, 0.25) is 0 Å². The molecule has 0 amide bonds. The van der Waals surface area contributed by atoms with Crippen LogP contribution in [-0.2, 0) is 6.18 Å². The van der Waals surface area contributed by atoms with E-state index in [2.05, 4.69) is 0 Å². The average Bonchev–Trinajstić information content (AvgIpc) is 2.68. The number of nitrogen functional groups attached to an aromatic ring is 1. The van der Waals surface area contributed by atoms with Crippen LogP contribution in [-0.4, -0.2) is 4.57 Å². The number of rotatable bonds is 1. The van der Waals surface area contributed by atoms with Gasteiger partial charge < -0.3 is 10.3 Å². The molecule has 0 bridgehead atoms. The lowest BCUT2D eigenvalue weighted by atomic mass is 10.1. The topological polar surface area (TPSA) is 30.9 Å². The first-order chi connectivity index (χ1) is 7.89. The number of aromatic nitrogens is 1. The summed E-state index contributed by atoms with van der Waals surface area (Å²) in [6.45, 7) is 0. The summed E-state index contributed by atoms with van der Waals surface area (Å²) in [7, 11) is 0. The van der Waals surface area contributed by atoms with Crippen LogP contribution in [0.4, 0.5) is 18.9 Å². The third kappa shape index (κ3) is 2.24. The van der Waals surface area contributed by atoms with Crippen LogP contribution in [0.15, 0.2) is 36.7 Å². The van der Waals surface area contributed by atoms with Crippen molar-refractivity contribution in [2.24, 2.45) is 0 Å². The molecule has 0 radical (unpaired) electrons. The number of nitrogens with zero attached hydrogens (tertiary/aromatic N) is 1. The molecule has 0 spiro atoms. The fourth-order valence-electron chi connectivity index (χ4n) is 1.51. The van der Waals surface area contributed by atoms with Crippen molar-refractivity contribution in [3.05, 3.63) is 47.2 Å². The molecule has 17 heavy (non-hydrogen) atoms. The molecule has 0 saturated carbocycles. The fourth-order valence-corrected chi connectivity index (χ4v) is 1.79. The maximum atomic E-state index is 12.7. The van der Waals surface area contributed by atoms with Gasteiger partial charge in [-0.2, -0.15) is 13.2 Å². The minimum absolute atomic E-state index is 0.194. The zero-order valence-corrected chi connectivity index (χ0v) is 9.26. The van der Waals surface area contributed by atoms with Crippen LogP contribution in [0, 0.1) is 0 Å². The van der Waals surface area contributed by atoms with Gasteiger partial charge in [0.15, 0.2) is 0 Å². The highest BCUT2D eigenvalue weighted by Gasteiger charge is 2.34. The van der Waals surface area contributed by atoms with Gasteiger partial charge in [-0.15, -0.1) is 0 Å². The number of anilines is 1. The van der Waals surface area contributed by atoms with Crippen LogP contribution in [0.5, 0.6) is 0 Å². The lowest BCUT2D eigenvalue weighted by Crippen LogP contribution is -2.08. The molecular formula is C11H8ClF3N2. The van der Waals surface area contributed by atoms with E-state index in [0.29, 0.717) is 0 Å². The molecule has 0 fully saturated rings. The summed E-state index contributed by atoms with van der Waals surface area (Å²) in [6, 6.07) is 5.44. The summed E-state index contributed by atoms with van der Waals surface area (Å²) in [5.41, 5.74) is 5.21. The average molecular weight is 261 g/mol. The Morgan fingerprint density at radius 1 is 1.12 bits per heavy atom. The van der Waals surface area contributed by atoms with Crippen molar-refractivity contribution in [2.45, 2.75) is 6.18 Å². The van der Waals surface area contributed by atoms with Gasteiger partial charge in [0, 0.05) is 12.4 Å². The smallest absolute Gasteiger partial charge is 0.397 e. The maximum Gasteiger partial charge on any atom is 0.417 e. The quantitative estimate of drug-likeness (QED) is 0.778. The highest BCUT2D eigenvalue weighted by Crippen LogP contribution is 2.37. The standard InChI is InChI=1S/C11H8ClF3N2/c12-8-6-9(16)10(17-3-1-2-4-17)5-7(8)11(13,14)15/h1-6H,16H2. The van der Waals surface area contributed by atoms with Gasteiger partial charge in [-0.1, -0.05) is 11.6 Å². The number of nitrogens with two attached hydrogens (primary N) is 1. The molecule has 0 aliphatic carbocycles. The Bertz CT molecular complexity index is 532. The van der Waals surface area contributed by atoms with Crippen molar-refractivity contribution in [1.29, 1.82) is 0 Å². The zero-order valence-electron chi connectivity index (χ0n) is 8.50. The molecule has 0 atom stereocenters. The Labute approximate surface area is 100 Å². The van der Waals surface area contributed by atoms with Crippen molar-refractivity contribution in [3.8, 4) is 5.69 Å². The van der Waals surface area contributed by atoms with Gasteiger partial charge in [-0.05, 0) is 24.3 Å². The largest absolute Gasteiger partial charge is 0.417 e. The summed E-state index contributed by atoms with van der Waals surface area (Å²) < 4.78 is 39.5. The molecule has 2 aromatic rings. The third-order valence-corrected chi connectivity index (χ3v) is 2.62. The number of benzene rings is 1. The summed E-state index contributed by atoms with van der Waals surface area (Å²) >= 11 is 5.54. The molecule has 0 unspecified atom stereocenters. The number of alkyl halides is 3. The van der Waals surface area contributed by atoms with Gasteiger partial charge in [0.25, 0.3) is 0 Å². The second-order valence-electron chi connectivity index (χ2n) is 3.48.